The van der Waals surface area contributed by atoms with Crippen LogP contribution in [0.5, 0.6) is 0 Å². The molecule has 5 nitrogen and oxygen atoms in total. The van der Waals surface area contributed by atoms with Crippen molar-refractivity contribution in [2.24, 2.45) is 0 Å². The van der Waals surface area contributed by atoms with Crippen LogP contribution in [0.3, 0.4) is 0 Å². The molecule has 2 N–H and O–H groups in total. The lowest BCUT2D eigenvalue weighted by atomic mass is 10.1. The van der Waals surface area contributed by atoms with Gasteiger partial charge in [0.1, 0.15) is 0 Å². The quantitative estimate of drug-likeness (QED) is 0.596. The van der Waals surface area contributed by atoms with Crippen LogP contribution in [0.1, 0.15) is 11.1 Å². The van der Waals surface area contributed by atoms with E-state index in [2.05, 4.69) is 37.9 Å². The van der Waals surface area contributed by atoms with E-state index in [-0.39, 0.29) is 0 Å². The van der Waals surface area contributed by atoms with Gasteiger partial charge >= 0.3 is 0 Å². The van der Waals surface area contributed by atoms with Gasteiger partial charge in [0.15, 0.2) is 5.82 Å². The summed E-state index contributed by atoms with van der Waals surface area (Å²) in [6.45, 7) is 1.43. The number of nitrogens with one attached hydrogen (secondary N) is 2. The Morgan fingerprint density at radius 1 is 0.885 bits per heavy atom. The van der Waals surface area contributed by atoms with Gasteiger partial charge in [0.05, 0.1) is 6.20 Å². The van der Waals surface area contributed by atoms with Crippen molar-refractivity contribution < 1.29 is 0 Å². The minimum Gasteiger partial charge on any atom is -0.368 e. The van der Waals surface area contributed by atoms with Crippen molar-refractivity contribution in [3.8, 4) is 0 Å². The first-order valence-corrected chi connectivity index (χ1v) is 9.11. The molecule has 26 heavy (non-hydrogen) atoms. The Balaban J connectivity index is 1.47. The van der Waals surface area contributed by atoms with Gasteiger partial charge < -0.3 is 10.6 Å². The number of hydrogen-bond acceptors (Lipinski definition) is 5. The summed E-state index contributed by atoms with van der Waals surface area (Å²) in [5.74, 6) is 1.18. The van der Waals surface area contributed by atoms with Gasteiger partial charge in [-0.2, -0.15) is 10.1 Å². The van der Waals surface area contributed by atoms with E-state index in [1.165, 1.54) is 5.56 Å². The molecule has 134 valence electrons. The number of halogens is 2. The lowest BCUT2D eigenvalue weighted by Crippen LogP contribution is -2.12. The molecule has 1 aromatic heterocycles. The fourth-order valence-corrected chi connectivity index (χ4v) is 2.98. The van der Waals surface area contributed by atoms with Crippen molar-refractivity contribution in [2.45, 2.75) is 12.8 Å². The van der Waals surface area contributed by atoms with Crippen LogP contribution in [0.15, 0.2) is 54.7 Å². The van der Waals surface area contributed by atoms with E-state index >= 15 is 0 Å². The Hall–Kier alpha value is -2.37. The van der Waals surface area contributed by atoms with Crippen molar-refractivity contribution in [2.75, 3.05) is 23.7 Å². The summed E-state index contributed by atoms with van der Waals surface area (Å²) in [4.78, 5) is 4.42. The van der Waals surface area contributed by atoms with Crippen LogP contribution in [-0.4, -0.2) is 28.3 Å². The van der Waals surface area contributed by atoms with Crippen molar-refractivity contribution in [1.82, 2.24) is 15.2 Å². The van der Waals surface area contributed by atoms with Gasteiger partial charge in [0.25, 0.3) is 0 Å². The highest BCUT2D eigenvalue weighted by Crippen LogP contribution is 2.21. The molecular weight excluding hydrogens is 369 g/mol. The molecular formula is C19H19Cl2N5. The summed E-state index contributed by atoms with van der Waals surface area (Å²) in [5, 5.41) is 15.7. The first-order valence-electron chi connectivity index (χ1n) is 8.36. The minimum atomic E-state index is 0.510. The Morgan fingerprint density at radius 2 is 1.69 bits per heavy atom. The molecule has 0 saturated heterocycles. The summed E-state index contributed by atoms with van der Waals surface area (Å²) in [6, 6.07) is 15.8. The molecule has 0 aliphatic heterocycles. The Kier molecular flexibility index (Phi) is 6.63. The highest BCUT2D eigenvalue weighted by molar-refractivity contribution is 6.35. The second-order valence-electron chi connectivity index (χ2n) is 5.74. The molecule has 0 fully saturated rings. The second-order valence-corrected chi connectivity index (χ2v) is 6.58. The highest BCUT2D eigenvalue weighted by atomic mass is 35.5. The van der Waals surface area contributed by atoms with Crippen LogP contribution in [0.2, 0.25) is 10.0 Å². The lowest BCUT2D eigenvalue weighted by molar-refractivity contribution is 0.916. The smallest absolute Gasteiger partial charge is 0.244 e. The number of hydrogen-bond donors (Lipinski definition) is 2. The first kappa shape index (κ1) is 18.4. The van der Waals surface area contributed by atoms with E-state index in [1.807, 2.05) is 30.3 Å². The SMILES string of the molecule is Clc1ccc(CCNc2cnnc(NCCc3ccccc3)n2)c(Cl)c1. The van der Waals surface area contributed by atoms with Crippen molar-refractivity contribution in [3.05, 3.63) is 75.9 Å². The molecule has 0 aliphatic carbocycles. The monoisotopic (exact) mass is 387 g/mol. The van der Waals surface area contributed by atoms with Gasteiger partial charge in [-0.3, -0.25) is 0 Å². The fourth-order valence-electron chi connectivity index (χ4n) is 2.48. The van der Waals surface area contributed by atoms with Gasteiger partial charge in [-0.15, -0.1) is 5.10 Å². The van der Waals surface area contributed by atoms with E-state index < -0.39 is 0 Å². The molecule has 3 rings (SSSR count). The molecule has 0 atom stereocenters. The van der Waals surface area contributed by atoms with Crippen LogP contribution in [0.4, 0.5) is 11.8 Å². The molecule has 0 aliphatic rings. The first-order chi connectivity index (χ1) is 12.7. The predicted octanol–water partition coefficient (Wildman–Crippen LogP) is 4.49. The van der Waals surface area contributed by atoms with E-state index in [0.717, 1.165) is 24.9 Å². The standard InChI is InChI=1S/C19H19Cl2N5/c20-16-7-6-15(17(21)12-16)9-11-22-18-13-24-26-19(25-18)23-10-8-14-4-2-1-3-5-14/h1-7,12-13H,8-11H2,(H2,22,23,25,26). The Labute approximate surface area is 162 Å². The van der Waals surface area contributed by atoms with Crippen LogP contribution >= 0.6 is 23.2 Å². The number of nitrogens with zero attached hydrogens (tertiary/aromatic N) is 3. The lowest BCUT2D eigenvalue weighted by Gasteiger charge is -2.09. The minimum absolute atomic E-state index is 0.510. The second kappa shape index (κ2) is 9.36. The zero-order valence-corrected chi connectivity index (χ0v) is 15.6. The van der Waals surface area contributed by atoms with E-state index in [0.29, 0.717) is 28.4 Å². The maximum atomic E-state index is 6.18. The zero-order chi connectivity index (χ0) is 18.2. The highest BCUT2D eigenvalue weighted by Gasteiger charge is 2.03. The van der Waals surface area contributed by atoms with Gasteiger partial charge in [-0.05, 0) is 36.1 Å². The van der Waals surface area contributed by atoms with E-state index in [4.69, 9.17) is 23.2 Å². The number of anilines is 2. The summed E-state index contributed by atoms with van der Waals surface area (Å²) >= 11 is 12.1. The maximum absolute atomic E-state index is 6.18. The van der Waals surface area contributed by atoms with Crippen molar-refractivity contribution in [1.29, 1.82) is 0 Å². The number of rotatable bonds is 8. The summed E-state index contributed by atoms with van der Waals surface area (Å²) in [7, 11) is 0. The molecule has 7 heteroatoms. The van der Waals surface area contributed by atoms with E-state index in [9.17, 15) is 0 Å². The molecule has 0 saturated carbocycles. The van der Waals surface area contributed by atoms with Gasteiger partial charge in [0, 0.05) is 23.1 Å². The molecule has 0 unspecified atom stereocenters. The average Bonchev–Trinajstić information content (AvgIpc) is 2.65. The van der Waals surface area contributed by atoms with Crippen molar-refractivity contribution >= 4 is 35.0 Å². The van der Waals surface area contributed by atoms with Crippen LogP contribution in [-0.2, 0) is 12.8 Å². The molecule has 0 amide bonds. The zero-order valence-electron chi connectivity index (χ0n) is 14.1. The number of benzene rings is 2. The third-order valence-electron chi connectivity index (χ3n) is 3.81. The molecule has 2 aromatic carbocycles. The van der Waals surface area contributed by atoms with Gasteiger partial charge in [0.2, 0.25) is 5.95 Å². The Bertz CT molecular complexity index is 842. The predicted molar refractivity (Wildman–Crippen MR) is 107 cm³/mol. The van der Waals surface area contributed by atoms with Crippen LogP contribution in [0, 0.1) is 0 Å². The average molecular weight is 388 g/mol. The van der Waals surface area contributed by atoms with Gasteiger partial charge in [-0.1, -0.05) is 59.6 Å². The van der Waals surface area contributed by atoms with Gasteiger partial charge in [-0.25, -0.2) is 0 Å². The number of aromatic nitrogens is 3. The summed E-state index contributed by atoms with van der Waals surface area (Å²) < 4.78 is 0. The largest absolute Gasteiger partial charge is 0.368 e. The van der Waals surface area contributed by atoms with Crippen molar-refractivity contribution in [3.63, 3.8) is 0 Å². The molecule has 0 spiro atoms. The third kappa shape index (κ3) is 5.58. The molecule has 0 bridgehead atoms. The summed E-state index contributed by atoms with van der Waals surface area (Å²) in [6.07, 6.45) is 3.26. The molecule has 0 radical (unpaired) electrons. The maximum Gasteiger partial charge on any atom is 0.244 e. The third-order valence-corrected chi connectivity index (χ3v) is 4.40. The van der Waals surface area contributed by atoms with Crippen LogP contribution in [0.25, 0.3) is 0 Å². The molecule has 3 aromatic rings. The molecule has 1 heterocycles. The summed E-state index contributed by atoms with van der Waals surface area (Å²) in [5.41, 5.74) is 2.30. The fraction of sp³-hybridized carbons (Fsp3) is 0.211. The topological polar surface area (TPSA) is 62.7 Å². The van der Waals surface area contributed by atoms with E-state index in [1.54, 1.807) is 12.3 Å². The van der Waals surface area contributed by atoms with Crippen LogP contribution < -0.4 is 10.6 Å². The Morgan fingerprint density at radius 3 is 2.50 bits per heavy atom. The normalized spacial score (nSPS) is 10.5.